The number of aromatic nitrogens is 1. The number of nitrogens with one attached hydrogen (secondary N) is 1. The second kappa shape index (κ2) is 5.58. The first-order chi connectivity index (χ1) is 6.63. The van der Waals surface area contributed by atoms with Gasteiger partial charge in [0, 0.05) is 13.2 Å². The highest BCUT2D eigenvalue weighted by molar-refractivity contribution is 9.10. The molecule has 3 nitrogen and oxygen atoms in total. The molecular weight excluding hydrogens is 288 g/mol. The maximum Gasteiger partial charge on any atom is 0.230 e. The van der Waals surface area contributed by atoms with Crippen molar-refractivity contribution in [1.29, 1.82) is 0 Å². The van der Waals surface area contributed by atoms with Crippen LogP contribution in [0.4, 0.5) is 0 Å². The minimum atomic E-state index is -0.0290. The van der Waals surface area contributed by atoms with E-state index < -0.39 is 0 Å². The summed E-state index contributed by atoms with van der Waals surface area (Å²) >= 11 is 10.4. The second-order valence-corrected chi connectivity index (χ2v) is 4.66. The fourth-order valence-corrected chi connectivity index (χ4v) is 2.43. The van der Waals surface area contributed by atoms with Gasteiger partial charge in [-0.15, -0.1) is 0 Å². The van der Waals surface area contributed by atoms with E-state index in [4.69, 9.17) is 11.6 Å². The average molecular weight is 296 g/mol. The first-order valence-electron chi connectivity index (χ1n) is 3.78. The van der Waals surface area contributed by atoms with Crippen LogP contribution in [0.1, 0.15) is 0 Å². The molecule has 0 atom stereocenters. The normalized spacial score (nSPS) is 9.93. The Hall–Kier alpha value is -0.260. The summed E-state index contributed by atoms with van der Waals surface area (Å²) in [6, 6.07) is 1.75. The lowest BCUT2D eigenvalue weighted by molar-refractivity contribution is -0.118. The molecule has 1 amide bonds. The molecule has 1 N–H and O–H groups in total. The fraction of sp³-hybridized carbons (Fsp3) is 0.250. The van der Waals surface area contributed by atoms with Gasteiger partial charge in [0.15, 0.2) is 0 Å². The zero-order valence-electron chi connectivity index (χ0n) is 7.38. The molecule has 14 heavy (non-hydrogen) atoms. The number of hydrogen-bond donors (Lipinski definition) is 1. The Morgan fingerprint density at radius 3 is 3.07 bits per heavy atom. The van der Waals surface area contributed by atoms with Gasteiger partial charge in [-0.2, -0.15) is 0 Å². The van der Waals surface area contributed by atoms with E-state index in [0.717, 1.165) is 9.50 Å². The van der Waals surface area contributed by atoms with Crippen molar-refractivity contribution in [3.05, 3.63) is 21.8 Å². The summed E-state index contributed by atoms with van der Waals surface area (Å²) in [5.41, 5.74) is 0. The van der Waals surface area contributed by atoms with Gasteiger partial charge in [-0.05, 0) is 22.0 Å². The molecule has 0 aromatic carbocycles. The van der Waals surface area contributed by atoms with Gasteiger partial charge < -0.3 is 5.32 Å². The van der Waals surface area contributed by atoms with Gasteiger partial charge in [-0.25, -0.2) is 4.98 Å². The first-order valence-corrected chi connectivity index (χ1v) is 5.93. The Balaban J connectivity index is 2.63. The smallest absolute Gasteiger partial charge is 0.230 e. The number of thioether (sulfide) groups is 1. The molecule has 0 unspecified atom stereocenters. The Bertz CT molecular complexity index is 348. The molecule has 0 fully saturated rings. The summed E-state index contributed by atoms with van der Waals surface area (Å²) in [5.74, 6) is 0.322. The zero-order chi connectivity index (χ0) is 10.6. The summed E-state index contributed by atoms with van der Waals surface area (Å²) in [4.78, 5) is 15.1. The largest absolute Gasteiger partial charge is 0.358 e. The molecule has 1 rings (SSSR count). The van der Waals surface area contributed by atoms with Crippen molar-refractivity contribution in [2.75, 3.05) is 12.8 Å². The summed E-state index contributed by atoms with van der Waals surface area (Å²) < 4.78 is 0.805. The van der Waals surface area contributed by atoms with Gasteiger partial charge >= 0.3 is 0 Å². The number of carbonyl (C=O) groups excluding carboxylic acids is 1. The van der Waals surface area contributed by atoms with E-state index in [9.17, 15) is 4.79 Å². The van der Waals surface area contributed by atoms with E-state index in [-0.39, 0.29) is 5.91 Å². The zero-order valence-corrected chi connectivity index (χ0v) is 10.5. The molecular formula is C8H8BrClN2OS. The molecule has 0 aliphatic rings. The van der Waals surface area contributed by atoms with Crippen LogP contribution in [-0.4, -0.2) is 23.7 Å². The minimum absolute atomic E-state index is 0.0290. The quantitative estimate of drug-likeness (QED) is 0.870. The number of pyridine rings is 1. The fourth-order valence-electron chi connectivity index (χ4n) is 0.714. The van der Waals surface area contributed by atoms with Crippen LogP contribution < -0.4 is 5.32 Å². The van der Waals surface area contributed by atoms with Gasteiger partial charge in [0.25, 0.3) is 0 Å². The lowest BCUT2D eigenvalue weighted by atomic mass is 10.5. The lowest BCUT2D eigenvalue weighted by Crippen LogP contribution is -2.19. The molecule has 0 saturated heterocycles. The summed E-state index contributed by atoms with van der Waals surface area (Å²) in [6.07, 6.45) is 1.55. The highest BCUT2D eigenvalue weighted by Gasteiger charge is 2.05. The van der Waals surface area contributed by atoms with Crippen LogP contribution in [0.2, 0.25) is 5.02 Å². The van der Waals surface area contributed by atoms with Crippen LogP contribution in [0, 0.1) is 0 Å². The van der Waals surface area contributed by atoms with Crippen LogP contribution >= 0.6 is 39.3 Å². The van der Waals surface area contributed by atoms with Gasteiger partial charge in [-0.3, -0.25) is 4.79 Å². The molecule has 0 aliphatic heterocycles. The average Bonchev–Trinajstić information content (AvgIpc) is 2.16. The highest BCUT2D eigenvalue weighted by Crippen LogP contribution is 2.27. The Labute approximate surface area is 99.8 Å². The second-order valence-electron chi connectivity index (χ2n) is 2.40. The van der Waals surface area contributed by atoms with Crippen molar-refractivity contribution >= 4 is 45.2 Å². The molecule has 1 aromatic heterocycles. The summed E-state index contributed by atoms with van der Waals surface area (Å²) in [6.45, 7) is 0. The predicted octanol–water partition coefficient (Wildman–Crippen LogP) is 2.34. The third kappa shape index (κ3) is 3.48. The van der Waals surface area contributed by atoms with Crippen molar-refractivity contribution in [2.45, 2.75) is 5.03 Å². The third-order valence-corrected chi connectivity index (χ3v) is 3.47. The maximum atomic E-state index is 11.0. The van der Waals surface area contributed by atoms with Crippen molar-refractivity contribution in [1.82, 2.24) is 10.3 Å². The van der Waals surface area contributed by atoms with Gasteiger partial charge in [0.2, 0.25) is 5.91 Å². The van der Waals surface area contributed by atoms with Crippen molar-refractivity contribution in [2.24, 2.45) is 0 Å². The van der Waals surface area contributed by atoms with E-state index in [2.05, 4.69) is 26.2 Å². The molecule has 0 aliphatic carbocycles. The van der Waals surface area contributed by atoms with Crippen LogP contribution in [-0.2, 0) is 4.79 Å². The SMILES string of the molecule is CNC(=O)CSc1ncc(Cl)cc1Br. The Morgan fingerprint density at radius 2 is 2.50 bits per heavy atom. The van der Waals surface area contributed by atoms with E-state index in [1.807, 2.05) is 0 Å². The molecule has 76 valence electrons. The third-order valence-electron chi connectivity index (χ3n) is 1.39. The Kier molecular flexibility index (Phi) is 4.71. The van der Waals surface area contributed by atoms with E-state index in [0.29, 0.717) is 10.8 Å². The van der Waals surface area contributed by atoms with Gasteiger partial charge in [0.1, 0.15) is 5.03 Å². The van der Waals surface area contributed by atoms with Crippen LogP contribution in [0.5, 0.6) is 0 Å². The van der Waals surface area contributed by atoms with E-state index in [1.54, 1.807) is 19.3 Å². The number of carbonyl (C=O) groups is 1. The molecule has 6 heteroatoms. The monoisotopic (exact) mass is 294 g/mol. The molecule has 0 bridgehead atoms. The lowest BCUT2D eigenvalue weighted by Gasteiger charge is -2.02. The number of halogens is 2. The number of amides is 1. The summed E-state index contributed by atoms with van der Waals surface area (Å²) in [5, 5.41) is 3.87. The van der Waals surface area contributed by atoms with E-state index >= 15 is 0 Å². The molecule has 1 aromatic rings. The molecule has 0 saturated carbocycles. The van der Waals surface area contributed by atoms with Gasteiger partial charge in [0.05, 0.1) is 15.2 Å². The number of rotatable bonds is 3. The first kappa shape index (κ1) is 11.8. The molecule has 0 radical (unpaired) electrons. The standard InChI is InChI=1S/C8H8BrClN2OS/c1-11-7(13)4-14-8-6(9)2-5(10)3-12-8/h2-3H,4H2,1H3,(H,11,13). The van der Waals surface area contributed by atoms with Gasteiger partial charge in [-0.1, -0.05) is 23.4 Å². The van der Waals surface area contributed by atoms with E-state index in [1.165, 1.54) is 11.8 Å². The van der Waals surface area contributed by atoms with Crippen molar-refractivity contribution in [3.8, 4) is 0 Å². The predicted molar refractivity (Wildman–Crippen MR) is 61.7 cm³/mol. The number of hydrogen-bond acceptors (Lipinski definition) is 3. The maximum absolute atomic E-state index is 11.0. The minimum Gasteiger partial charge on any atom is -0.358 e. The van der Waals surface area contributed by atoms with Crippen LogP contribution in [0.25, 0.3) is 0 Å². The van der Waals surface area contributed by atoms with Crippen LogP contribution in [0.15, 0.2) is 21.8 Å². The van der Waals surface area contributed by atoms with Crippen molar-refractivity contribution in [3.63, 3.8) is 0 Å². The van der Waals surface area contributed by atoms with Crippen molar-refractivity contribution < 1.29 is 4.79 Å². The summed E-state index contributed by atoms with van der Waals surface area (Å²) in [7, 11) is 1.60. The number of nitrogens with zero attached hydrogens (tertiary/aromatic N) is 1. The highest BCUT2D eigenvalue weighted by atomic mass is 79.9. The topological polar surface area (TPSA) is 42.0 Å². The van der Waals surface area contributed by atoms with Crippen LogP contribution in [0.3, 0.4) is 0 Å². The molecule has 0 spiro atoms. The molecule has 1 heterocycles. The Morgan fingerprint density at radius 1 is 1.79 bits per heavy atom.